The molecule has 1 heterocycles. The van der Waals surface area contributed by atoms with Gasteiger partial charge in [0.2, 0.25) is 0 Å². The molecule has 1 aliphatic rings. The average molecular weight is 326 g/mol. The lowest BCUT2D eigenvalue weighted by molar-refractivity contribution is 0.0176. The molecule has 3 rings (SSSR count). The molecule has 5 heteroatoms. The molecule has 0 aliphatic carbocycles. The fourth-order valence-electron chi connectivity index (χ4n) is 2.87. The predicted molar refractivity (Wildman–Crippen MR) is 82.0 cm³/mol. The summed E-state index contributed by atoms with van der Waals surface area (Å²) in [6, 6.07) is 9.99. The van der Waals surface area contributed by atoms with Gasteiger partial charge in [-0.15, -0.1) is 0 Å². The van der Waals surface area contributed by atoms with E-state index < -0.39 is 11.4 Å². The lowest BCUT2D eigenvalue weighted by Crippen LogP contribution is -2.36. The van der Waals surface area contributed by atoms with Crippen LogP contribution in [0.5, 0.6) is 0 Å². The molecule has 0 aromatic heterocycles. The van der Waals surface area contributed by atoms with Crippen molar-refractivity contribution in [1.82, 2.24) is 5.32 Å². The van der Waals surface area contributed by atoms with Crippen molar-refractivity contribution in [1.29, 1.82) is 0 Å². The minimum Gasteiger partial charge on any atom is -0.383 e. The van der Waals surface area contributed by atoms with Crippen molar-refractivity contribution < 1.29 is 9.50 Å². The van der Waals surface area contributed by atoms with Crippen LogP contribution in [0.3, 0.4) is 0 Å². The summed E-state index contributed by atoms with van der Waals surface area (Å²) >= 11 is 11.9. The van der Waals surface area contributed by atoms with E-state index in [2.05, 4.69) is 5.32 Å². The van der Waals surface area contributed by atoms with Crippen molar-refractivity contribution in [2.45, 2.75) is 25.1 Å². The van der Waals surface area contributed by atoms with Gasteiger partial charge in [-0.3, -0.25) is 0 Å². The molecule has 0 saturated heterocycles. The molecular weight excluding hydrogens is 312 g/mol. The molecule has 2 aromatic rings. The number of aliphatic hydroxyl groups is 1. The fourth-order valence-corrected chi connectivity index (χ4v) is 3.44. The number of nitrogens with one attached hydrogen (secondary N) is 1. The van der Waals surface area contributed by atoms with E-state index in [0.29, 0.717) is 12.1 Å². The average Bonchev–Trinajstić information content (AvgIpc) is 2.87. The van der Waals surface area contributed by atoms with Crippen LogP contribution in [-0.4, -0.2) is 5.11 Å². The first-order valence-electron chi connectivity index (χ1n) is 6.60. The maximum absolute atomic E-state index is 13.8. The van der Waals surface area contributed by atoms with Crippen LogP contribution in [0, 0.1) is 5.82 Å². The number of fused-ring (bicyclic) bond motifs is 1. The van der Waals surface area contributed by atoms with E-state index in [1.165, 1.54) is 12.1 Å². The zero-order chi connectivity index (χ0) is 15.2. The molecule has 1 aliphatic heterocycles. The monoisotopic (exact) mass is 325 g/mol. The third-order valence-corrected chi connectivity index (χ3v) is 4.58. The van der Waals surface area contributed by atoms with Crippen LogP contribution in [0.15, 0.2) is 36.4 Å². The summed E-state index contributed by atoms with van der Waals surface area (Å²) in [4.78, 5) is 0. The van der Waals surface area contributed by atoms with Gasteiger partial charge in [0.25, 0.3) is 0 Å². The molecule has 0 amide bonds. The molecule has 21 heavy (non-hydrogen) atoms. The summed E-state index contributed by atoms with van der Waals surface area (Å²) in [6.07, 6.45) is 0. The molecule has 0 radical (unpaired) electrons. The Hall–Kier alpha value is -1.13. The quantitative estimate of drug-likeness (QED) is 0.811. The van der Waals surface area contributed by atoms with Crippen LogP contribution in [-0.2, 0) is 12.1 Å². The largest absolute Gasteiger partial charge is 0.383 e. The van der Waals surface area contributed by atoms with Crippen LogP contribution in [0.2, 0.25) is 10.0 Å². The highest BCUT2D eigenvalue weighted by Gasteiger charge is 2.40. The second-order valence-electron chi connectivity index (χ2n) is 5.41. The minimum absolute atomic E-state index is 0.0562. The van der Waals surface area contributed by atoms with Crippen molar-refractivity contribution in [3.05, 3.63) is 69.0 Å². The first-order valence-corrected chi connectivity index (χ1v) is 7.35. The normalized spacial score (nSPS) is 20.1. The number of hydrogen-bond acceptors (Lipinski definition) is 2. The van der Waals surface area contributed by atoms with Crippen molar-refractivity contribution in [3.63, 3.8) is 0 Å². The Bertz CT molecular complexity index is 703. The van der Waals surface area contributed by atoms with Crippen LogP contribution in [0.1, 0.15) is 29.7 Å². The van der Waals surface area contributed by atoms with E-state index in [1.54, 1.807) is 6.92 Å². The smallest absolute Gasteiger partial charge is 0.142 e. The van der Waals surface area contributed by atoms with Gasteiger partial charge in [-0.25, -0.2) is 4.39 Å². The van der Waals surface area contributed by atoms with Gasteiger partial charge in [-0.1, -0.05) is 47.5 Å². The molecule has 0 bridgehead atoms. The maximum Gasteiger partial charge on any atom is 0.142 e. The molecule has 2 aromatic carbocycles. The molecular formula is C16H14Cl2FNO. The minimum atomic E-state index is -1.35. The number of halogens is 3. The Balaban J connectivity index is 2.08. The van der Waals surface area contributed by atoms with Crippen molar-refractivity contribution >= 4 is 23.2 Å². The zero-order valence-corrected chi connectivity index (χ0v) is 12.8. The standard InChI is InChI=1S/C16H14Cl2FNO/c1-16(21,11-6-14(19)13(18)7-12(11)17)15-10-5-3-2-4-9(10)8-20-15/h2-7,15,20-21H,8H2,1H3. The fraction of sp³-hybridized carbons (Fsp3) is 0.250. The Morgan fingerprint density at radius 2 is 1.95 bits per heavy atom. The molecule has 0 fully saturated rings. The first-order chi connectivity index (χ1) is 9.91. The van der Waals surface area contributed by atoms with E-state index in [9.17, 15) is 9.50 Å². The van der Waals surface area contributed by atoms with E-state index in [1.807, 2.05) is 24.3 Å². The topological polar surface area (TPSA) is 32.3 Å². The van der Waals surface area contributed by atoms with Gasteiger partial charge in [0.05, 0.1) is 11.1 Å². The molecule has 110 valence electrons. The van der Waals surface area contributed by atoms with Gasteiger partial charge < -0.3 is 10.4 Å². The lowest BCUT2D eigenvalue weighted by Gasteiger charge is -2.32. The van der Waals surface area contributed by atoms with Crippen molar-refractivity contribution in [2.24, 2.45) is 0 Å². The molecule has 0 spiro atoms. The van der Waals surface area contributed by atoms with Gasteiger partial charge in [-0.05, 0) is 30.2 Å². The predicted octanol–water partition coefficient (Wildman–Crippen LogP) is 4.18. The van der Waals surface area contributed by atoms with Gasteiger partial charge in [0, 0.05) is 17.1 Å². The summed E-state index contributed by atoms with van der Waals surface area (Å²) in [5.41, 5.74) is 1.08. The van der Waals surface area contributed by atoms with Gasteiger partial charge in [-0.2, -0.15) is 0 Å². The van der Waals surface area contributed by atoms with E-state index in [0.717, 1.165) is 11.1 Å². The Morgan fingerprint density at radius 3 is 2.71 bits per heavy atom. The first kappa shape index (κ1) is 14.8. The summed E-state index contributed by atoms with van der Waals surface area (Å²) in [7, 11) is 0. The molecule has 2 nitrogen and oxygen atoms in total. The third kappa shape index (κ3) is 2.44. The summed E-state index contributed by atoms with van der Waals surface area (Å²) in [5.74, 6) is -0.595. The summed E-state index contributed by atoms with van der Waals surface area (Å²) in [6.45, 7) is 2.28. The van der Waals surface area contributed by atoms with Gasteiger partial charge in [0.1, 0.15) is 11.4 Å². The van der Waals surface area contributed by atoms with Crippen LogP contribution < -0.4 is 5.32 Å². The lowest BCUT2D eigenvalue weighted by atomic mass is 9.84. The molecule has 0 saturated carbocycles. The van der Waals surface area contributed by atoms with E-state index in [4.69, 9.17) is 23.2 Å². The maximum atomic E-state index is 13.8. The molecule has 2 atom stereocenters. The highest BCUT2D eigenvalue weighted by molar-refractivity contribution is 6.35. The Kier molecular flexibility index (Phi) is 3.70. The number of hydrogen-bond donors (Lipinski definition) is 2. The second-order valence-corrected chi connectivity index (χ2v) is 6.22. The van der Waals surface area contributed by atoms with Crippen LogP contribution >= 0.6 is 23.2 Å². The third-order valence-electron chi connectivity index (χ3n) is 3.98. The number of benzene rings is 2. The SMILES string of the molecule is CC(O)(c1cc(F)c(Cl)cc1Cl)C1NCc2ccccc21. The Labute approximate surface area is 132 Å². The summed E-state index contributed by atoms with van der Waals surface area (Å²) < 4.78 is 13.8. The zero-order valence-electron chi connectivity index (χ0n) is 11.3. The van der Waals surface area contributed by atoms with Crippen molar-refractivity contribution in [2.75, 3.05) is 0 Å². The highest BCUT2D eigenvalue weighted by Crippen LogP contribution is 2.43. The van der Waals surface area contributed by atoms with Crippen LogP contribution in [0.25, 0.3) is 0 Å². The highest BCUT2D eigenvalue weighted by atomic mass is 35.5. The molecule has 2 N–H and O–H groups in total. The van der Waals surface area contributed by atoms with E-state index in [-0.39, 0.29) is 16.1 Å². The van der Waals surface area contributed by atoms with E-state index >= 15 is 0 Å². The Morgan fingerprint density at radius 1 is 1.24 bits per heavy atom. The van der Waals surface area contributed by atoms with Crippen LogP contribution in [0.4, 0.5) is 4.39 Å². The van der Waals surface area contributed by atoms with Gasteiger partial charge >= 0.3 is 0 Å². The van der Waals surface area contributed by atoms with Crippen molar-refractivity contribution in [3.8, 4) is 0 Å². The summed E-state index contributed by atoms with van der Waals surface area (Å²) in [5, 5.41) is 14.4. The molecule has 2 unspecified atom stereocenters. The second kappa shape index (κ2) is 5.25. The number of rotatable bonds is 2. The van der Waals surface area contributed by atoms with Gasteiger partial charge in [0.15, 0.2) is 0 Å².